The minimum absolute atomic E-state index is 0. The van der Waals surface area contributed by atoms with Crippen molar-refractivity contribution in [1.82, 2.24) is 5.32 Å². The van der Waals surface area contributed by atoms with Crippen LogP contribution < -0.4 is 11.1 Å². The minimum atomic E-state index is -4.36. The molecule has 22 heavy (non-hydrogen) atoms. The van der Waals surface area contributed by atoms with E-state index in [-0.39, 0.29) is 36.7 Å². The lowest BCUT2D eigenvalue weighted by Gasteiger charge is -2.14. The summed E-state index contributed by atoms with van der Waals surface area (Å²) in [5.41, 5.74) is 5.39. The number of carbonyl (C=O) groups excluding carboxylic acids is 1. The van der Waals surface area contributed by atoms with Crippen molar-refractivity contribution in [3.8, 4) is 0 Å². The second-order valence-corrected chi connectivity index (χ2v) is 5.36. The van der Waals surface area contributed by atoms with Gasteiger partial charge in [-0.05, 0) is 31.4 Å². The molecule has 2 unspecified atom stereocenters. The maximum Gasteiger partial charge on any atom is 0.416 e. The average molecular weight is 339 g/mol. The molecule has 0 spiro atoms. The Labute approximate surface area is 134 Å². The van der Waals surface area contributed by atoms with E-state index in [0.717, 1.165) is 12.1 Å². The number of nitrogens with two attached hydrogens (primary N) is 1. The summed E-state index contributed by atoms with van der Waals surface area (Å²) >= 11 is 0. The van der Waals surface area contributed by atoms with Crippen LogP contribution in [0.5, 0.6) is 0 Å². The Morgan fingerprint density at radius 2 is 1.95 bits per heavy atom. The van der Waals surface area contributed by atoms with Gasteiger partial charge in [-0.15, -0.1) is 12.4 Å². The first kappa shape index (κ1) is 20.7. The molecule has 0 saturated carbocycles. The molecule has 1 aromatic carbocycles. The van der Waals surface area contributed by atoms with E-state index in [1.54, 1.807) is 13.0 Å². The Morgan fingerprint density at radius 1 is 1.32 bits per heavy atom. The summed E-state index contributed by atoms with van der Waals surface area (Å²) in [6.07, 6.45) is -3.42. The maximum absolute atomic E-state index is 12.6. The highest BCUT2D eigenvalue weighted by atomic mass is 35.5. The highest BCUT2D eigenvalue weighted by Gasteiger charge is 2.30. The zero-order valence-electron chi connectivity index (χ0n) is 12.6. The third-order valence-electron chi connectivity index (χ3n) is 3.14. The highest BCUT2D eigenvalue weighted by Crippen LogP contribution is 2.29. The van der Waals surface area contributed by atoms with Crippen LogP contribution in [-0.4, -0.2) is 18.5 Å². The first-order valence-corrected chi connectivity index (χ1v) is 6.89. The van der Waals surface area contributed by atoms with Gasteiger partial charge < -0.3 is 11.1 Å². The van der Waals surface area contributed by atoms with Crippen LogP contribution in [0.1, 0.15) is 31.4 Å². The van der Waals surface area contributed by atoms with Gasteiger partial charge in [0.1, 0.15) is 0 Å². The molecule has 0 aliphatic heterocycles. The van der Waals surface area contributed by atoms with Crippen molar-refractivity contribution in [1.29, 1.82) is 0 Å². The van der Waals surface area contributed by atoms with E-state index < -0.39 is 11.7 Å². The lowest BCUT2D eigenvalue weighted by Crippen LogP contribution is -2.33. The SMILES string of the molecule is CC(N)CCNC(=O)C(C)Cc1cccc(C(F)(F)F)c1.Cl. The normalized spacial score (nSPS) is 13.9. The van der Waals surface area contributed by atoms with E-state index in [2.05, 4.69) is 5.32 Å². The molecule has 0 saturated heterocycles. The van der Waals surface area contributed by atoms with Crippen molar-refractivity contribution in [2.45, 2.75) is 38.9 Å². The van der Waals surface area contributed by atoms with Crippen molar-refractivity contribution in [3.63, 3.8) is 0 Å². The second-order valence-electron chi connectivity index (χ2n) is 5.36. The molecule has 7 heteroatoms. The molecule has 0 aliphatic rings. The molecule has 0 fully saturated rings. The van der Waals surface area contributed by atoms with Gasteiger partial charge in [0, 0.05) is 18.5 Å². The maximum atomic E-state index is 12.6. The van der Waals surface area contributed by atoms with Gasteiger partial charge in [0.15, 0.2) is 0 Å². The van der Waals surface area contributed by atoms with Gasteiger partial charge in [0.05, 0.1) is 5.56 Å². The number of carbonyl (C=O) groups is 1. The highest BCUT2D eigenvalue weighted by molar-refractivity contribution is 5.85. The van der Waals surface area contributed by atoms with E-state index in [4.69, 9.17) is 5.73 Å². The Morgan fingerprint density at radius 3 is 2.50 bits per heavy atom. The van der Waals surface area contributed by atoms with Gasteiger partial charge in [-0.25, -0.2) is 0 Å². The molecular formula is C15H22ClF3N2O. The van der Waals surface area contributed by atoms with Crippen molar-refractivity contribution in [2.24, 2.45) is 11.7 Å². The third kappa shape index (κ3) is 7.13. The van der Waals surface area contributed by atoms with Gasteiger partial charge in [-0.1, -0.05) is 25.1 Å². The zero-order valence-corrected chi connectivity index (χ0v) is 13.4. The molecule has 3 nitrogen and oxygen atoms in total. The van der Waals surface area contributed by atoms with Crippen LogP contribution in [0, 0.1) is 5.92 Å². The molecule has 2 atom stereocenters. The molecule has 0 heterocycles. The van der Waals surface area contributed by atoms with E-state index in [9.17, 15) is 18.0 Å². The summed E-state index contributed by atoms with van der Waals surface area (Å²) in [7, 11) is 0. The van der Waals surface area contributed by atoms with Crippen LogP contribution in [0.4, 0.5) is 13.2 Å². The number of halogens is 4. The summed E-state index contributed by atoms with van der Waals surface area (Å²) < 4.78 is 37.8. The largest absolute Gasteiger partial charge is 0.416 e. The summed E-state index contributed by atoms with van der Waals surface area (Å²) in [6, 6.07) is 5.08. The molecule has 1 amide bonds. The van der Waals surface area contributed by atoms with Crippen LogP contribution in [0.25, 0.3) is 0 Å². The van der Waals surface area contributed by atoms with Crippen LogP contribution >= 0.6 is 12.4 Å². The van der Waals surface area contributed by atoms with Gasteiger partial charge in [-0.2, -0.15) is 13.2 Å². The number of alkyl halides is 3. The Hall–Kier alpha value is -1.27. The van der Waals surface area contributed by atoms with Crippen LogP contribution in [0.3, 0.4) is 0 Å². The molecule has 3 N–H and O–H groups in total. The van der Waals surface area contributed by atoms with Crippen LogP contribution in [-0.2, 0) is 17.4 Å². The standard InChI is InChI=1S/C15H21F3N2O.ClH/c1-10(14(21)20-7-6-11(2)19)8-12-4-3-5-13(9-12)15(16,17)18;/h3-5,9-11H,6-8,19H2,1-2H3,(H,20,21);1H. The molecule has 1 aromatic rings. The second kappa shape index (κ2) is 9.00. The fourth-order valence-electron chi connectivity index (χ4n) is 1.92. The number of rotatable bonds is 6. The van der Waals surface area contributed by atoms with Gasteiger partial charge in [-0.3, -0.25) is 4.79 Å². The van der Waals surface area contributed by atoms with E-state index in [1.807, 2.05) is 6.92 Å². The van der Waals surface area contributed by atoms with E-state index in [0.29, 0.717) is 18.5 Å². The van der Waals surface area contributed by atoms with Gasteiger partial charge in [0.2, 0.25) is 5.91 Å². The number of benzene rings is 1. The lowest BCUT2D eigenvalue weighted by molar-refractivity contribution is -0.137. The van der Waals surface area contributed by atoms with Crippen molar-refractivity contribution in [2.75, 3.05) is 6.54 Å². The van der Waals surface area contributed by atoms with Gasteiger partial charge >= 0.3 is 6.18 Å². The molecule has 0 aliphatic carbocycles. The quantitative estimate of drug-likeness (QED) is 0.837. The Bertz CT molecular complexity index is 478. The summed E-state index contributed by atoms with van der Waals surface area (Å²) in [6.45, 7) is 4.02. The smallest absolute Gasteiger partial charge is 0.356 e. The van der Waals surface area contributed by atoms with E-state index >= 15 is 0 Å². The molecule has 0 bridgehead atoms. The molecule has 0 aromatic heterocycles. The number of nitrogens with one attached hydrogen (secondary N) is 1. The van der Waals surface area contributed by atoms with Gasteiger partial charge in [0.25, 0.3) is 0 Å². The topological polar surface area (TPSA) is 55.1 Å². The fourth-order valence-corrected chi connectivity index (χ4v) is 1.92. The first-order chi connectivity index (χ1) is 9.70. The molecular weight excluding hydrogens is 317 g/mol. The Kier molecular flexibility index (Phi) is 8.48. The van der Waals surface area contributed by atoms with Crippen molar-refractivity contribution < 1.29 is 18.0 Å². The van der Waals surface area contributed by atoms with E-state index in [1.165, 1.54) is 6.07 Å². The molecule has 0 radical (unpaired) electrons. The number of hydrogen-bond donors (Lipinski definition) is 2. The summed E-state index contributed by atoms with van der Waals surface area (Å²) in [5, 5.41) is 2.74. The third-order valence-corrected chi connectivity index (χ3v) is 3.14. The zero-order chi connectivity index (χ0) is 16.0. The summed E-state index contributed by atoms with van der Waals surface area (Å²) in [4.78, 5) is 11.8. The average Bonchev–Trinajstić information content (AvgIpc) is 2.37. The molecule has 1 rings (SSSR count). The van der Waals surface area contributed by atoms with Crippen LogP contribution in [0.15, 0.2) is 24.3 Å². The molecule has 126 valence electrons. The predicted octanol–water partition coefficient (Wildman–Crippen LogP) is 3.16. The Balaban J connectivity index is 0.00000441. The lowest BCUT2D eigenvalue weighted by atomic mass is 9.98. The van der Waals surface area contributed by atoms with Crippen molar-refractivity contribution >= 4 is 18.3 Å². The number of hydrogen-bond acceptors (Lipinski definition) is 2. The summed E-state index contributed by atoms with van der Waals surface area (Å²) in [5.74, 6) is -0.561. The number of amides is 1. The minimum Gasteiger partial charge on any atom is -0.356 e. The van der Waals surface area contributed by atoms with Crippen LogP contribution in [0.2, 0.25) is 0 Å². The predicted molar refractivity (Wildman–Crippen MR) is 82.8 cm³/mol. The van der Waals surface area contributed by atoms with Crippen molar-refractivity contribution in [3.05, 3.63) is 35.4 Å². The first-order valence-electron chi connectivity index (χ1n) is 6.89. The monoisotopic (exact) mass is 338 g/mol. The fraction of sp³-hybridized carbons (Fsp3) is 0.533.